The Bertz CT molecular complexity index is 534. The van der Waals surface area contributed by atoms with Crippen LogP contribution in [0.15, 0.2) is 24.3 Å². The van der Waals surface area contributed by atoms with Gasteiger partial charge in [-0.1, -0.05) is 24.3 Å². The average Bonchev–Trinajstić information content (AvgIpc) is 2.90. The molecule has 0 saturated carbocycles. The van der Waals surface area contributed by atoms with Gasteiger partial charge in [-0.15, -0.1) is 0 Å². The molecule has 1 aromatic carbocycles. The van der Waals surface area contributed by atoms with E-state index in [1.54, 1.807) is 0 Å². The fraction of sp³-hybridized carbons (Fsp3) is 0.467. The van der Waals surface area contributed by atoms with E-state index in [1.165, 1.54) is 11.1 Å². The maximum atomic E-state index is 12.5. The summed E-state index contributed by atoms with van der Waals surface area (Å²) in [5.41, 5.74) is 2.59. The van der Waals surface area contributed by atoms with Gasteiger partial charge in [0, 0.05) is 13.6 Å². The van der Waals surface area contributed by atoms with Crippen molar-refractivity contribution in [1.82, 2.24) is 15.5 Å². The van der Waals surface area contributed by atoms with Gasteiger partial charge in [-0.05, 0) is 24.0 Å². The van der Waals surface area contributed by atoms with Crippen molar-refractivity contribution in [2.45, 2.75) is 24.9 Å². The quantitative estimate of drug-likeness (QED) is 0.810. The number of nitrogens with one attached hydrogen (secondary N) is 2. The number of aryl methyl sites for hydroxylation is 1. The first-order valence-corrected chi connectivity index (χ1v) is 7.01. The summed E-state index contributed by atoms with van der Waals surface area (Å²) in [5.74, 6) is -0.00498. The van der Waals surface area contributed by atoms with E-state index in [-0.39, 0.29) is 30.4 Å². The van der Waals surface area contributed by atoms with Gasteiger partial charge in [0.25, 0.3) is 0 Å². The fourth-order valence-corrected chi connectivity index (χ4v) is 3.08. The Hall–Kier alpha value is -1.88. The molecule has 2 atom stereocenters. The Kier molecular flexibility index (Phi) is 3.44. The summed E-state index contributed by atoms with van der Waals surface area (Å²) in [5, 5.41) is 5.72. The van der Waals surface area contributed by atoms with Gasteiger partial charge in [0.05, 0.1) is 12.6 Å². The Morgan fingerprint density at radius 1 is 1.35 bits per heavy atom. The van der Waals surface area contributed by atoms with E-state index >= 15 is 0 Å². The number of amides is 2. The molecule has 5 heteroatoms. The molecule has 1 aliphatic heterocycles. The number of carbonyl (C=O) groups excluding carboxylic acids is 2. The predicted molar refractivity (Wildman–Crippen MR) is 75.1 cm³/mol. The predicted octanol–water partition coefficient (Wildman–Crippen LogP) is 0.220. The lowest BCUT2D eigenvalue weighted by atomic mass is 10.1. The molecule has 1 aliphatic carbocycles. The fourth-order valence-electron chi connectivity index (χ4n) is 3.08. The van der Waals surface area contributed by atoms with E-state index in [2.05, 4.69) is 22.8 Å². The van der Waals surface area contributed by atoms with Crippen LogP contribution < -0.4 is 10.6 Å². The summed E-state index contributed by atoms with van der Waals surface area (Å²) in [6, 6.07) is 8.14. The largest absolute Gasteiger partial charge is 0.353 e. The van der Waals surface area contributed by atoms with Crippen LogP contribution in [0.25, 0.3) is 0 Å². The highest BCUT2D eigenvalue weighted by Gasteiger charge is 2.33. The topological polar surface area (TPSA) is 61.4 Å². The highest BCUT2D eigenvalue weighted by Crippen LogP contribution is 2.34. The normalized spacial score (nSPS) is 24.9. The van der Waals surface area contributed by atoms with Crippen LogP contribution >= 0.6 is 0 Å². The van der Waals surface area contributed by atoms with Crippen molar-refractivity contribution < 1.29 is 9.59 Å². The third kappa shape index (κ3) is 2.29. The van der Waals surface area contributed by atoms with Crippen molar-refractivity contribution in [2.24, 2.45) is 0 Å². The third-order valence-corrected chi connectivity index (χ3v) is 4.23. The summed E-state index contributed by atoms with van der Waals surface area (Å²) < 4.78 is 0. The van der Waals surface area contributed by atoms with Crippen LogP contribution in [0.1, 0.15) is 23.6 Å². The van der Waals surface area contributed by atoms with Gasteiger partial charge >= 0.3 is 0 Å². The van der Waals surface area contributed by atoms with E-state index in [0.717, 1.165) is 12.8 Å². The monoisotopic (exact) mass is 273 g/mol. The highest BCUT2D eigenvalue weighted by molar-refractivity contribution is 5.87. The summed E-state index contributed by atoms with van der Waals surface area (Å²) in [6.07, 6.45) is 1.99. The number of nitrogens with zero attached hydrogens (tertiary/aromatic N) is 1. The third-order valence-electron chi connectivity index (χ3n) is 4.23. The molecule has 1 aromatic rings. The van der Waals surface area contributed by atoms with Gasteiger partial charge in [-0.3, -0.25) is 14.9 Å². The van der Waals surface area contributed by atoms with Crippen LogP contribution in [-0.4, -0.2) is 42.9 Å². The van der Waals surface area contributed by atoms with Gasteiger partial charge in [-0.2, -0.15) is 0 Å². The molecular weight excluding hydrogens is 254 g/mol. The number of carbonyl (C=O) groups is 2. The van der Waals surface area contributed by atoms with Crippen LogP contribution in [0.5, 0.6) is 0 Å². The number of likely N-dealkylation sites (N-methyl/N-ethyl adjacent to an activating group) is 1. The summed E-state index contributed by atoms with van der Waals surface area (Å²) in [6.45, 7) is 0.585. The molecule has 3 rings (SSSR count). The number of hydrogen-bond acceptors (Lipinski definition) is 3. The average molecular weight is 273 g/mol. The molecule has 1 heterocycles. The summed E-state index contributed by atoms with van der Waals surface area (Å²) >= 11 is 0. The Morgan fingerprint density at radius 3 is 2.90 bits per heavy atom. The molecule has 2 unspecified atom stereocenters. The molecule has 2 N–H and O–H groups in total. The van der Waals surface area contributed by atoms with Crippen LogP contribution in [0.3, 0.4) is 0 Å². The highest BCUT2D eigenvalue weighted by atomic mass is 16.2. The zero-order chi connectivity index (χ0) is 14.1. The smallest absolute Gasteiger partial charge is 0.241 e. The van der Waals surface area contributed by atoms with Crippen molar-refractivity contribution in [3.8, 4) is 0 Å². The molecule has 2 amide bonds. The molecule has 1 saturated heterocycles. The second kappa shape index (κ2) is 5.25. The lowest BCUT2D eigenvalue weighted by Crippen LogP contribution is -2.58. The van der Waals surface area contributed by atoms with Crippen LogP contribution in [-0.2, 0) is 16.0 Å². The molecule has 2 aliphatic rings. The number of benzene rings is 1. The van der Waals surface area contributed by atoms with Crippen molar-refractivity contribution >= 4 is 11.8 Å². The molecule has 0 radical (unpaired) electrons. The second-order valence-electron chi connectivity index (χ2n) is 5.44. The molecule has 0 aromatic heterocycles. The van der Waals surface area contributed by atoms with Crippen LogP contribution in [0.4, 0.5) is 0 Å². The first kappa shape index (κ1) is 13.1. The first-order valence-electron chi connectivity index (χ1n) is 7.01. The number of hydrogen-bond donors (Lipinski definition) is 2. The standard InChI is InChI=1S/C15H19N3O2/c1-18(15(20)12-8-17-14(19)9-16-12)13-7-6-10-4-2-3-5-11(10)13/h2-5,12-13,16H,6-9H2,1H3,(H,17,19). The van der Waals surface area contributed by atoms with Crippen molar-refractivity contribution in [3.05, 3.63) is 35.4 Å². The lowest BCUT2D eigenvalue weighted by Gasteiger charge is -2.31. The lowest BCUT2D eigenvalue weighted by molar-refractivity contribution is -0.135. The summed E-state index contributed by atoms with van der Waals surface area (Å²) in [4.78, 5) is 25.5. The Balaban J connectivity index is 1.72. The zero-order valence-corrected chi connectivity index (χ0v) is 11.6. The van der Waals surface area contributed by atoms with E-state index in [4.69, 9.17) is 0 Å². The van der Waals surface area contributed by atoms with Gasteiger partial charge in [0.2, 0.25) is 11.8 Å². The maximum Gasteiger partial charge on any atom is 0.241 e. The number of fused-ring (bicyclic) bond motifs is 1. The zero-order valence-electron chi connectivity index (χ0n) is 11.6. The van der Waals surface area contributed by atoms with Gasteiger partial charge in [-0.25, -0.2) is 0 Å². The van der Waals surface area contributed by atoms with E-state index in [9.17, 15) is 9.59 Å². The van der Waals surface area contributed by atoms with E-state index in [1.807, 2.05) is 24.1 Å². The van der Waals surface area contributed by atoms with E-state index in [0.29, 0.717) is 6.54 Å². The van der Waals surface area contributed by atoms with Crippen molar-refractivity contribution in [1.29, 1.82) is 0 Å². The maximum absolute atomic E-state index is 12.5. The number of rotatable bonds is 2. The second-order valence-corrected chi connectivity index (χ2v) is 5.44. The minimum atomic E-state index is -0.314. The van der Waals surface area contributed by atoms with Crippen molar-refractivity contribution in [3.63, 3.8) is 0 Å². The summed E-state index contributed by atoms with van der Waals surface area (Å²) in [7, 11) is 1.85. The number of piperazine rings is 1. The SMILES string of the molecule is CN(C(=O)C1CNC(=O)CN1)C1CCc2ccccc21. The van der Waals surface area contributed by atoms with Crippen LogP contribution in [0, 0.1) is 0 Å². The minimum absolute atomic E-state index is 0.0479. The molecule has 20 heavy (non-hydrogen) atoms. The van der Waals surface area contributed by atoms with Crippen LogP contribution in [0.2, 0.25) is 0 Å². The molecule has 106 valence electrons. The van der Waals surface area contributed by atoms with Gasteiger partial charge in [0.1, 0.15) is 6.04 Å². The first-order chi connectivity index (χ1) is 9.66. The molecule has 5 nitrogen and oxygen atoms in total. The van der Waals surface area contributed by atoms with Crippen molar-refractivity contribution in [2.75, 3.05) is 20.1 Å². The van der Waals surface area contributed by atoms with Gasteiger partial charge < -0.3 is 10.2 Å². The molecular formula is C15H19N3O2. The Labute approximate surface area is 118 Å². The minimum Gasteiger partial charge on any atom is -0.353 e. The molecule has 0 spiro atoms. The van der Waals surface area contributed by atoms with Gasteiger partial charge in [0.15, 0.2) is 0 Å². The Morgan fingerprint density at radius 2 is 2.15 bits per heavy atom. The molecule has 1 fully saturated rings. The molecule has 0 bridgehead atoms. The van der Waals surface area contributed by atoms with E-state index < -0.39 is 0 Å².